The minimum absolute atomic E-state index is 0. The van der Waals surface area contributed by atoms with Crippen molar-refractivity contribution in [2.75, 3.05) is 52.0 Å². The summed E-state index contributed by atoms with van der Waals surface area (Å²) in [7, 11) is 3.42. The lowest BCUT2D eigenvalue weighted by molar-refractivity contribution is -0.144. The Morgan fingerprint density at radius 3 is 1.26 bits per heavy atom. The molecule has 0 aliphatic carbocycles. The van der Waals surface area contributed by atoms with E-state index in [1.54, 1.807) is 61.3 Å². The molecule has 6 amide bonds. The largest absolute Gasteiger partial charge is 0.379 e. The van der Waals surface area contributed by atoms with Crippen LogP contribution in [-0.4, -0.2) is 144 Å². The summed E-state index contributed by atoms with van der Waals surface area (Å²) in [6.07, 6.45) is 10.8. The maximum absolute atomic E-state index is 14.3. The summed E-state index contributed by atoms with van der Waals surface area (Å²) in [4.78, 5) is 86.0. The van der Waals surface area contributed by atoms with Gasteiger partial charge in [-0.15, -0.1) is 48.3 Å². The van der Waals surface area contributed by atoms with Gasteiger partial charge >= 0.3 is 0 Å². The Balaban J connectivity index is 0.00000624. The summed E-state index contributed by atoms with van der Waals surface area (Å²) in [6.45, 7) is 13.5. The monoisotopic (exact) mass is 1130 g/mol. The van der Waals surface area contributed by atoms with Crippen molar-refractivity contribution in [3.8, 4) is 0 Å². The number of thioether (sulfide) groups is 2. The molecule has 4 aliphatic rings. The fourth-order valence-electron chi connectivity index (χ4n) is 10.7. The number of hydrogen-bond acceptors (Lipinski definition) is 12. The highest BCUT2D eigenvalue weighted by molar-refractivity contribution is 8.00. The highest BCUT2D eigenvalue weighted by Crippen LogP contribution is 2.48. The Bertz CT molecular complexity index is 2020. The Kier molecular flexibility index (Phi) is 26.7. The molecule has 6 N–H and O–H groups in total. The smallest absolute Gasteiger partial charge is 0.246 e. The van der Waals surface area contributed by atoms with Gasteiger partial charge in [-0.1, -0.05) is 127 Å². The van der Waals surface area contributed by atoms with E-state index in [4.69, 9.17) is 9.47 Å². The van der Waals surface area contributed by atoms with E-state index in [1.165, 1.54) is 0 Å². The predicted octanol–water partition coefficient (Wildman–Crippen LogP) is 7.06. The minimum Gasteiger partial charge on any atom is -0.379 e. The summed E-state index contributed by atoms with van der Waals surface area (Å²) in [5, 5.41) is 18.0. The summed E-state index contributed by atoms with van der Waals surface area (Å²) >= 11 is 3.37. The van der Waals surface area contributed by atoms with Crippen LogP contribution < -0.4 is 31.9 Å². The third kappa shape index (κ3) is 17.4. The Hall–Kier alpha value is -3.62. The molecule has 0 spiro atoms. The van der Waals surface area contributed by atoms with E-state index in [9.17, 15) is 28.8 Å². The highest BCUT2D eigenvalue weighted by atomic mass is 35.5. The number of nitrogens with one attached hydrogen (secondary N) is 6. The summed E-state index contributed by atoms with van der Waals surface area (Å²) in [6, 6.07) is 15.2. The van der Waals surface area contributed by atoms with E-state index in [2.05, 4.69) is 31.9 Å². The third-order valence-electron chi connectivity index (χ3n) is 15.3. The number of benzene rings is 2. The molecule has 10 atom stereocenters. The lowest BCUT2D eigenvalue weighted by atomic mass is 9.83. The normalized spacial score (nSPS) is 24.2. The molecule has 20 heteroatoms. The molecule has 4 saturated heterocycles. The number of carbonyl (C=O) groups is 6. The second kappa shape index (κ2) is 31.2. The quantitative estimate of drug-likeness (QED) is 0.0499. The van der Waals surface area contributed by atoms with Crippen LogP contribution in [0.1, 0.15) is 142 Å². The Morgan fingerprint density at radius 1 is 0.579 bits per heavy atom. The first kappa shape index (κ1) is 64.9. The zero-order valence-electron chi connectivity index (χ0n) is 46.1. The molecule has 4 unspecified atom stereocenters. The van der Waals surface area contributed by atoms with Crippen molar-refractivity contribution < 1.29 is 38.2 Å². The standard InChI is InChI=1S/C56H86N8O8S2.2ClH/c1-37(57-7)49(65)59-41-27-31-73-45-33-55(3,4)47(63(45)53(41)69)51(67)61-43(39-23-17-15-18-24-39)35-71-29-21-13-11-9-10-12-14-22-30-72-36-44(40-25-19-16-20-26-40)62-52(68)48-56(5,6)34-46-64(48)54(70)42(28-32-74-46)60-50(66)38(2)58-8;;/h15-20,23-26,37-38,41-48,57-58H,9-14,21-22,27-36H2,1-8H3,(H,59,65)(H,60,66)(H,61,67)(H,62,68);2*1H/t37?,38?,41-,42-,43?,44?,45-,46-,47+,48+;;/m0../s1. The van der Waals surface area contributed by atoms with Crippen molar-refractivity contribution in [3.05, 3.63) is 71.8 Å². The molecule has 426 valence electrons. The van der Waals surface area contributed by atoms with Crippen LogP contribution in [0.25, 0.3) is 0 Å². The van der Waals surface area contributed by atoms with Gasteiger partial charge in [0.2, 0.25) is 35.4 Å². The number of fused-ring (bicyclic) bond motifs is 2. The van der Waals surface area contributed by atoms with Gasteiger partial charge in [-0.2, -0.15) is 0 Å². The van der Waals surface area contributed by atoms with Crippen molar-refractivity contribution in [1.82, 2.24) is 41.7 Å². The van der Waals surface area contributed by atoms with Crippen molar-refractivity contribution in [1.29, 1.82) is 0 Å². The summed E-state index contributed by atoms with van der Waals surface area (Å²) < 4.78 is 12.5. The van der Waals surface area contributed by atoms with E-state index in [0.717, 1.165) is 62.5 Å². The maximum atomic E-state index is 14.3. The first-order valence-electron chi connectivity index (χ1n) is 27.2. The maximum Gasteiger partial charge on any atom is 0.246 e. The van der Waals surface area contributed by atoms with E-state index in [1.807, 2.05) is 88.4 Å². The molecule has 4 fully saturated rings. The average molecular weight is 1140 g/mol. The topological polar surface area (TPSA) is 200 Å². The SMILES string of the molecule is CNC(C)C(=O)N[C@H]1CCS[C@H]2CC(C)(C)[C@@H](C(=O)NC(COCCCCCCCCCCOCC(NC(=O)[C@H]3N4C(=O)[C@@H](NC(=O)C(C)NC)CCS[C@H]4CC3(C)C)c3ccccc3)c3ccccc3)N2C1=O.Cl.Cl. The first-order chi connectivity index (χ1) is 35.5. The van der Waals surface area contributed by atoms with Gasteiger partial charge in [0.05, 0.1) is 48.1 Å². The number of rotatable bonds is 27. The summed E-state index contributed by atoms with van der Waals surface area (Å²) in [5.74, 6) is 0.128. The molecule has 0 aromatic heterocycles. The molecule has 76 heavy (non-hydrogen) atoms. The highest BCUT2D eigenvalue weighted by Gasteiger charge is 2.56. The Labute approximate surface area is 473 Å². The fourth-order valence-corrected chi connectivity index (χ4v) is 13.9. The van der Waals surface area contributed by atoms with Crippen LogP contribution in [-0.2, 0) is 38.2 Å². The number of unbranched alkanes of at least 4 members (excludes halogenated alkanes) is 7. The van der Waals surface area contributed by atoms with Gasteiger partial charge in [0.1, 0.15) is 24.2 Å². The lowest BCUT2D eigenvalue weighted by Gasteiger charge is -2.35. The fraction of sp³-hybridized carbons (Fsp3) is 0.679. The lowest BCUT2D eigenvalue weighted by Crippen LogP contribution is -2.58. The second-order valence-electron chi connectivity index (χ2n) is 22.0. The molecule has 0 bridgehead atoms. The van der Waals surface area contributed by atoms with Gasteiger partial charge in [0.25, 0.3) is 0 Å². The molecular weight excluding hydrogens is 1050 g/mol. The summed E-state index contributed by atoms with van der Waals surface area (Å²) in [5.41, 5.74) is 0.935. The van der Waals surface area contributed by atoms with Crippen LogP contribution in [0.15, 0.2) is 60.7 Å². The number of likely N-dealkylation sites (N-methyl/N-ethyl adjacent to an activating group) is 2. The van der Waals surface area contributed by atoms with Crippen LogP contribution in [0.5, 0.6) is 0 Å². The first-order valence-corrected chi connectivity index (χ1v) is 29.3. The molecule has 16 nitrogen and oxygen atoms in total. The van der Waals surface area contributed by atoms with Gasteiger partial charge in [-0.25, -0.2) is 0 Å². The number of amides is 6. The van der Waals surface area contributed by atoms with Crippen molar-refractivity contribution >= 4 is 83.8 Å². The number of halogens is 2. The molecule has 0 radical (unpaired) electrons. The second-order valence-corrected chi connectivity index (χ2v) is 24.5. The molecule has 6 rings (SSSR count). The average Bonchev–Trinajstić information content (AvgIpc) is 3.71. The van der Waals surface area contributed by atoms with E-state index in [-0.39, 0.29) is 71.0 Å². The molecule has 4 heterocycles. The number of hydrogen-bond donors (Lipinski definition) is 6. The van der Waals surface area contributed by atoms with Gasteiger partial charge in [-0.3, -0.25) is 28.8 Å². The Morgan fingerprint density at radius 2 is 0.921 bits per heavy atom. The van der Waals surface area contributed by atoms with E-state index >= 15 is 0 Å². The van der Waals surface area contributed by atoms with Crippen LogP contribution in [0.3, 0.4) is 0 Å². The molecule has 2 aromatic carbocycles. The zero-order chi connectivity index (χ0) is 53.4. The molecule has 4 aliphatic heterocycles. The van der Waals surface area contributed by atoms with Crippen molar-refractivity contribution in [2.24, 2.45) is 10.8 Å². The predicted molar refractivity (Wildman–Crippen MR) is 308 cm³/mol. The van der Waals surface area contributed by atoms with Crippen LogP contribution in [0, 0.1) is 10.8 Å². The van der Waals surface area contributed by atoms with Crippen molar-refractivity contribution in [2.45, 2.75) is 178 Å². The molecule has 0 saturated carbocycles. The number of ether oxygens (including phenoxy) is 2. The minimum atomic E-state index is -0.695. The van der Waals surface area contributed by atoms with Gasteiger partial charge in [-0.05, 0) is 99.9 Å². The van der Waals surface area contributed by atoms with E-state index in [0.29, 0.717) is 63.6 Å². The number of carbonyl (C=O) groups excluding carboxylic acids is 6. The third-order valence-corrected chi connectivity index (χ3v) is 17.8. The van der Waals surface area contributed by atoms with Gasteiger partial charge < -0.3 is 51.2 Å². The molecular formula is C56H88Cl2N8O8S2. The van der Waals surface area contributed by atoms with Gasteiger partial charge in [0.15, 0.2) is 0 Å². The van der Waals surface area contributed by atoms with Crippen molar-refractivity contribution in [3.63, 3.8) is 0 Å². The van der Waals surface area contributed by atoms with Crippen LogP contribution in [0.4, 0.5) is 0 Å². The van der Waals surface area contributed by atoms with Crippen LogP contribution >= 0.6 is 48.3 Å². The zero-order valence-corrected chi connectivity index (χ0v) is 49.3. The number of nitrogens with zero attached hydrogens (tertiary/aromatic N) is 2. The van der Waals surface area contributed by atoms with Gasteiger partial charge in [0, 0.05) is 13.2 Å². The van der Waals surface area contributed by atoms with E-state index < -0.39 is 59.2 Å². The molecule has 2 aromatic rings. The van der Waals surface area contributed by atoms with Crippen LogP contribution in [0.2, 0.25) is 0 Å².